The van der Waals surface area contributed by atoms with Gasteiger partial charge >= 0.3 is 0 Å². The summed E-state index contributed by atoms with van der Waals surface area (Å²) in [7, 11) is 0. The van der Waals surface area contributed by atoms with E-state index in [4.69, 9.17) is 0 Å². The van der Waals surface area contributed by atoms with Gasteiger partial charge in [0, 0.05) is 11.0 Å². The Labute approximate surface area is 94.2 Å². The van der Waals surface area contributed by atoms with Crippen molar-refractivity contribution in [2.75, 3.05) is 0 Å². The fourth-order valence-electron chi connectivity index (χ4n) is 1.22. The zero-order valence-electron chi connectivity index (χ0n) is 9.55. The van der Waals surface area contributed by atoms with Crippen LogP contribution in [0.3, 0.4) is 0 Å². The van der Waals surface area contributed by atoms with Gasteiger partial charge in [0.1, 0.15) is 0 Å². The van der Waals surface area contributed by atoms with Gasteiger partial charge < -0.3 is 5.32 Å². The third-order valence-corrected chi connectivity index (χ3v) is 2.92. The maximum atomic E-state index is 11.3. The fraction of sp³-hybridized carbons (Fsp3) is 0.455. The zero-order chi connectivity index (χ0) is 11.4. The first-order valence-corrected chi connectivity index (χ1v) is 5.66. The number of amides is 1. The molecule has 4 heteroatoms. The molecule has 1 aromatic heterocycles. The van der Waals surface area contributed by atoms with Gasteiger partial charge in [-0.15, -0.1) is 11.3 Å². The number of hydrogen-bond donors (Lipinski definition) is 1. The predicted molar refractivity (Wildman–Crippen MR) is 62.9 cm³/mol. The molecule has 15 heavy (non-hydrogen) atoms. The highest BCUT2D eigenvalue weighted by atomic mass is 32.1. The molecule has 82 valence electrons. The van der Waals surface area contributed by atoms with Crippen LogP contribution < -0.4 is 5.32 Å². The molecule has 0 aromatic carbocycles. The number of allylic oxidation sites excluding steroid dienone is 1. The number of nitrogens with zero attached hydrogens (tertiary/aromatic N) is 1. The molecule has 0 unspecified atom stereocenters. The lowest BCUT2D eigenvalue weighted by molar-refractivity contribution is -0.116. The number of hydrogen-bond acceptors (Lipinski definition) is 3. The van der Waals surface area contributed by atoms with Crippen molar-refractivity contribution in [2.45, 2.75) is 34.2 Å². The van der Waals surface area contributed by atoms with Crippen molar-refractivity contribution in [1.29, 1.82) is 0 Å². The maximum Gasteiger partial charge on any atom is 0.244 e. The summed E-state index contributed by atoms with van der Waals surface area (Å²) in [5.41, 5.74) is 2.01. The van der Waals surface area contributed by atoms with Crippen molar-refractivity contribution in [3.05, 3.63) is 27.2 Å². The van der Waals surface area contributed by atoms with Crippen LogP contribution in [0.15, 0.2) is 11.6 Å². The number of thiazole rings is 1. The number of aryl methyl sites for hydroxylation is 2. The number of rotatable bonds is 3. The van der Waals surface area contributed by atoms with E-state index in [1.165, 1.54) is 0 Å². The molecule has 0 aliphatic carbocycles. The summed E-state index contributed by atoms with van der Waals surface area (Å²) < 4.78 is 0. The van der Waals surface area contributed by atoms with Crippen LogP contribution in [0.25, 0.3) is 0 Å². The lowest BCUT2D eigenvalue weighted by Crippen LogP contribution is -2.20. The van der Waals surface area contributed by atoms with Gasteiger partial charge in [-0.25, -0.2) is 4.98 Å². The minimum Gasteiger partial charge on any atom is -0.348 e. The molecule has 0 aliphatic rings. The van der Waals surface area contributed by atoms with Crippen molar-refractivity contribution in [3.8, 4) is 0 Å². The van der Waals surface area contributed by atoms with Crippen LogP contribution in [0.4, 0.5) is 0 Å². The van der Waals surface area contributed by atoms with Crippen molar-refractivity contribution in [3.63, 3.8) is 0 Å². The summed E-state index contributed by atoms with van der Waals surface area (Å²) in [6.45, 7) is 8.31. The van der Waals surface area contributed by atoms with Gasteiger partial charge in [0.25, 0.3) is 0 Å². The van der Waals surface area contributed by atoms with Crippen LogP contribution in [0, 0.1) is 13.8 Å². The third-order valence-electron chi connectivity index (χ3n) is 1.84. The molecule has 1 rings (SSSR count). The van der Waals surface area contributed by atoms with Gasteiger partial charge in [0.15, 0.2) is 0 Å². The summed E-state index contributed by atoms with van der Waals surface area (Å²) >= 11 is 1.63. The van der Waals surface area contributed by atoms with Gasteiger partial charge in [-0.05, 0) is 27.7 Å². The lowest BCUT2D eigenvalue weighted by Gasteiger charge is -2.00. The molecule has 0 bridgehead atoms. The summed E-state index contributed by atoms with van der Waals surface area (Å²) in [6, 6.07) is 0. The predicted octanol–water partition coefficient (Wildman–Crippen LogP) is 2.34. The summed E-state index contributed by atoms with van der Waals surface area (Å²) in [4.78, 5) is 16.8. The molecular formula is C11H16N2OS. The van der Waals surface area contributed by atoms with E-state index in [0.29, 0.717) is 6.54 Å². The van der Waals surface area contributed by atoms with E-state index in [0.717, 1.165) is 21.2 Å². The first-order chi connectivity index (χ1) is 6.99. The average molecular weight is 224 g/mol. The molecule has 0 saturated heterocycles. The van der Waals surface area contributed by atoms with Crippen molar-refractivity contribution in [2.24, 2.45) is 0 Å². The smallest absolute Gasteiger partial charge is 0.244 e. The normalized spacial score (nSPS) is 9.87. The summed E-state index contributed by atoms with van der Waals surface area (Å²) in [5.74, 6) is -0.0412. The number of nitrogens with one attached hydrogen (secondary N) is 1. The second-order valence-corrected chi connectivity index (χ2v) is 4.97. The molecule has 0 aliphatic heterocycles. The molecule has 0 saturated carbocycles. The molecule has 0 spiro atoms. The molecular weight excluding hydrogens is 208 g/mol. The number of carbonyl (C=O) groups is 1. The van der Waals surface area contributed by atoms with Gasteiger partial charge in [0.05, 0.1) is 17.2 Å². The second kappa shape index (κ2) is 5.07. The molecule has 0 atom stereocenters. The molecule has 1 amide bonds. The Bertz CT molecular complexity index is 389. The Morgan fingerprint density at radius 1 is 1.47 bits per heavy atom. The number of carbonyl (C=O) groups excluding carboxylic acids is 1. The Balaban J connectivity index is 2.54. The van der Waals surface area contributed by atoms with E-state index in [-0.39, 0.29) is 5.91 Å². The second-order valence-electron chi connectivity index (χ2n) is 3.68. The Kier molecular flexibility index (Phi) is 4.03. The molecule has 1 N–H and O–H groups in total. The largest absolute Gasteiger partial charge is 0.348 e. The van der Waals surface area contributed by atoms with E-state index in [1.807, 2.05) is 27.7 Å². The van der Waals surface area contributed by atoms with E-state index < -0.39 is 0 Å². The molecule has 0 radical (unpaired) electrons. The minimum absolute atomic E-state index is 0.0412. The van der Waals surface area contributed by atoms with E-state index in [1.54, 1.807) is 17.4 Å². The lowest BCUT2D eigenvalue weighted by atomic mass is 10.3. The third kappa shape index (κ3) is 3.83. The number of aromatic nitrogens is 1. The van der Waals surface area contributed by atoms with Crippen LogP contribution in [0.1, 0.15) is 29.4 Å². The SMILES string of the molecule is CC(C)=CC(=O)NCc1sc(C)nc1C. The quantitative estimate of drug-likeness (QED) is 0.801. The minimum atomic E-state index is -0.0412. The van der Waals surface area contributed by atoms with Crippen LogP contribution in [0.5, 0.6) is 0 Å². The molecule has 0 fully saturated rings. The molecule has 3 nitrogen and oxygen atoms in total. The Morgan fingerprint density at radius 2 is 2.13 bits per heavy atom. The maximum absolute atomic E-state index is 11.3. The first-order valence-electron chi connectivity index (χ1n) is 4.84. The highest BCUT2D eigenvalue weighted by molar-refractivity contribution is 7.11. The van der Waals surface area contributed by atoms with Crippen LogP contribution >= 0.6 is 11.3 Å². The van der Waals surface area contributed by atoms with Crippen molar-refractivity contribution >= 4 is 17.2 Å². The van der Waals surface area contributed by atoms with Crippen molar-refractivity contribution in [1.82, 2.24) is 10.3 Å². The van der Waals surface area contributed by atoms with Gasteiger partial charge in [-0.1, -0.05) is 5.57 Å². The Hall–Kier alpha value is -1.16. The van der Waals surface area contributed by atoms with Gasteiger partial charge in [0.2, 0.25) is 5.91 Å². The fourth-order valence-corrected chi connectivity index (χ4v) is 2.09. The topological polar surface area (TPSA) is 42.0 Å². The van der Waals surface area contributed by atoms with Crippen LogP contribution in [-0.2, 0) is 11.3 Å². The molecule has 1 aromatic rings. The average Bonchev–Trinajstić information content (AvgIpc) is 2.40. The Morgan fingerprint density at radius 3 is 2.60 bits per heavy atom. The summed E-state index contributed by atoms with van der Waals surface area (Å²) in [5, 5.41) is 3.88. The molecule has 1 heterocycles. The van der Waals surface area contributed by atoms with E-state index >= 15 is 0 Å². The first kappa shape index (κ1) is 11.9. The van der Waals surface area contributed by atoms with Gasteiger partial charge in [-0.3, -0.25) is 4.79 Å². The van der Waals surface area contributed by atoms with Crippen LogP contribution in [-0.4, -0.2) is 10.9 Å². The van der Waals surface area contributed by atoms with E-state index in [9.17, 15) is 4.79 Å². The van der Waals surface area contributed by atoms with E-state index in [2.05, 4.69) is 10.3 Å². The van der Waals surface area contributed by atoms with Crippen LogP contribution in [0.2, 0.25) is 0 Å². The van der Waals surface area contributed by atoms with Gasteiger partial charge in [-0.2, -0.15) is 0 Å². The highest BCUT2D eigenvalue weighted by Gasteiger charge is 2.05. The monoisotopic (exact) mass is 224 g/mol. The standard InChI is InChI=1S/C11H16N2OS/c1-7(2)5-11(14)12-6-10-8(3)13-9(4)15-10/h5H,6H2,1-4H3,(H,12,14). The van der Waals surface area contributed by atoms with Crippen molar-refractivity contribution < 1.29 is 4.79 Å². The zero-order valence-corrected chi connectivity index (χ0v) is 10.4. The summed E-state index contributed by atoms with van der Waals surface area (Å²) in [6.07, 6.45) is 1.60. The highest BCUT2D eigenvalue weighted by Crippen LogP contribution is 2.16.